The van der Waals surface area contributed by atoms with E-state index in [1.54, 1.807) is 29.4 Å². The summed E-state index contributed by atoms with van der Waals surface area (Å²) in [6.45, 7) is 7.57. The number of benzene rings is 1. The Balaban J connectivity index is 1.56. The molecular weight excluding hydrogens is 442 g/mol. The first-order chi connectivity index (χ1) is 15.9. The maximum Gasteiger partial charge on any atom is 0.257 e. The van der Waals surface area contributed by atoms with Crippen LogP contribution >= 0.6 is 11.1 Å². The van der Waals surface area contributed by atoms with Gasteiger partial charge >= 0.3 is 0 Å². The molecule has 10 heteroatoms. The molecule has 0 spiro atoms. The molecular formula is C23H29N5O4S. The standard InChI is InChI=1S/C23H29N5O4S/c1-4-17(19-12-15(13-32-19)14(2)3)24-21-22(27-33(31)26-21)25-18-9-7-8-16(20(18)29)23(30)28-10-5-6-11-28/h7-9,12-14,17,29H,4-6,10-11H2,1-3H3,(H,24,26)(H,25,27)/t17-,33?/m1/s1. The molecule has 0 aliphatic carbocycles. The summed E-state index contributed by atoms with van der Waals surface area (Å²) in [5.41, 5.74) is 1.61. The quantitative estimate of drug-likeness (QED) is 0.303. The Morgan fingerprint density at radius 3 is 2.67 bits per heavy atom. The molecule has 9 nitrogen and oxygen atoms in total. The summed E-state index contributed by atoms with van der Waals surface area (Å²) in [5.74, 6) is 1.24. The van der Waals surface area contributed by atoms with Gasteiger partial charge in [-0.3, -0.25) is 4.79 Å². The van der Waals surface area contributed by atoms with Gasteiger partial charge in [0.2, 0.25) is 11.6 Å². The monoisotopic (exact) mass is 471 g/mol. The highest BCUT2D eigenvalue weighted by Crippen LogP contribution is 2.36. The Morgan fingerprint density at radius 1 is 1.27 bits per heavy atom. The van der Waals surface area contributed by atoms with Gasteiger partial charge in [-0.15, -0.1) is 0 Å². The maximum atomic E-state index is 12.8. The number of phenols is 1. The van der Waals surface area contributed by atoms with Crippen molar-refractivity contribution in [3.05, 3.63) is 47.4 Å². The van der Waals surface area contributed by atoms with Crippen LogP contribution in [0.25, 0.3) is 0 Å². The van der Waals surface area contributed by atoms with Crippen LogP contribution in [0.5, 0.6) is 5.75 Å². The molecule has 1 fully saturated rings. The Morgan fingerprint density at radius 2 is 2.00 bits per heavy atom. The number of aromatic hydroxyl groups is 1. The Hall–Kier alpha value is -3.11. The van der Waals surface area contributed by atoms with Gasteiger partial charge < -0.3 is 29.6 Å². The van der Waals surface area contributed by atoms with E-state index in [1.807, 2.05) is 13.0 Å². The summed E-state index contributed by atoms with van der Waals surface area (Å²) in [4.78, 5) is 14.5. The van der Waals surface area contributed by atoms with Crippen molar-refractivity contribution in [2.45, 2.75) is 52.0 Å². The van der Waals surface area contributed by atoms with Crippen LogP contribution in [-0.4, -0.2) is 42.3 Å². The molecule has 33 heavy (non-hydrogen) atoms. The van der Waals surface area contributed by atoms with E-state index in [-0.39, 0.29) is 29.1 Å². The molecule has 1 saturated heterocycles. The van der Waals surface area contributed by atoms with Crippen LogP contribution in [0, 0.1) is 0 Å². The molecule has 0 radical (unpaired) electrons. The summed E-state index contributed by atoms with van der Waals surface area (Å²) in [6.07, 6.45) is 4.37. The average Bonchev–Trinajstić information content (AvgIpc) is 3.54. The van der Waals surface area contributed by atoms with Crippen molar-refractivity contribution < 1.29 is 18.9 Å². The van der Waals surface area contributed by atoms with E-state index in [1.165, 1.54) is 0 Å². The third-order valence-electron chi connectivity index (χ3n) is 5.85. The molecule has 3 N–H and O–H groups in total. The summed E-state index contributed by atoms with van der Waals surface area (Å²) in [6, 6.07) is 6.72. The largest absolute Gasteiger partial charge is 0.546 e. The van der Waals surface area contributed by atoms with Crippen molar-refractivity contribution in [2.75, 3.05) is 23.7 Å². The highest BCUT2D eigenvalue weighted by atomic mass is 32.2. The molecule has 1 aromatic carbocycles. The molecule has 2 aromatic heterocycles. The second-order valence-corrected chi connectivity index (χ2v) is 9.31. The lowest BCUT2D eigenvalue weighted by molar-refractivity contribution is 0.0790. The van der Waals surface area contributed by atoms with E-state index in [2.05, 4.69) is 33.2 Å². The normalized spacial score (nSPS) is 15.2. The molecule has 176 valence electrons. The number of nitrogens with one attached hydrogen (secondary N) is 2. The van der Waals surface area contributed by atoms with E-state index in [9.17, 15) is 14.5 Å². The van der Waals surface area contributed by atoms with E-state index in [0.29, 0.717) is 36.9 Å². The summed E-state index contributed by atoms with van der Waals surface area (Å²) in [5, 5.41) is 17.0. The third kappa shape index (κ3) is 4.96. The summed E-state index contributed by atoms with van der Waals surface area (Å²) >= 11 is -1.79. The number of para-hydroxylation sites is 1. The van der Waals surface area contributed by atoms with E-state index in [0.717, 1.165) is 24.2 Å². The fourth-order valence-electron chi connectivity index (χ4n) is 3.87. The van der Waals surface area contributed by atoms with Gasteiger partial charge in [0.1, 0.15) is 5.76 Å². The minimum absolute atomic E-state index is 0.172. The number of hydrogen-bond acceptors (Lipinski definition) is 8. The van der Waals surface area contributed by atoms with Crippen LogP contribution in [0.4, 0.5) is 17.3 Å². The van der Waals surface area contributed by atoms with Gasteiger partial charge in [-0.25, -0.2) is 0 Å². The van der Waals surface area contributed by atoms with Gasteiger partial charge in [-0.2, -0.15) is 0 Å². The molecule has 2 atom stereocenters. The Labute approximate surface area is 195 Å². The highest BCUT2D eigenvalue weighted by Gasteiger charge is 2.26. The lowest BCUT2D eigenvalue weighted by Gasteiger charge is -2.17. The first-order valence-corrected chi connectivity index (χ1v) is 12.3. The second-order valence-electron chi connectivity index (χ2n) is 8.48. The number of carbonyl (C=O) groups excluding carboxylic acids is 1. The molecule has 3 heterocycles. The number of amides is 1. The van der Waals surface area contributed by atoms with E-state index < -0.39 is 11.1 Å². The van der Waals surface area contributed by atoms with Crippen molar-refractivity contribution in [3.8, 4) is 5.75 Å². The van der Waals surface area contributed by atoms with E-state index >= 15 is 0 Å². The minimum atomic E-state index is -1.79. The van der Waals surface area contributed by atoms with Crippen molar-refractivity contribution >= 4 is 34.4 Å². The van der Waals surface area contributed by atoms with Crippen molar-refractivity contribution in [2.24, 2.45) is 0 Å². The maximum absolute atomic E-state index is 12.8. The molecule has 0 saturated carbocycles. The minimum Gasteiger partial charge on any atom is -0.546 e. The van der Waals surface area contributed by atoms with Crippen LogP contribution in [0.15, 0.2) is 34.9 Å². The first-order valence-electron chi connectivity index (χ1n) is 11.2. The lowest BCUT2D eigenvalue weighted by Crippen LogP contribution is -2.27. The summed E-state index contributed by atoms with van der Waals surface area (Å²) in [7, 11) is 0. The van der Waals surface area contributed by atoms with Crippen molar-refractivity contribution in [1.82, 2.24) is 13.6 Å². The molecule has 1 aliphatic rings. The Bertz CT molecular complexity index is 1120. The smallest absolute Gasteiger partial charge is 0.257 e. The van der Waals surface area contributed by atoms with Crippen LogP contribution in [-0.2, 0) is 0 Å². The van der Waals surface area contributed by atoms with Crippen molar-refractivity contribution in [1.29, 1.82) is 0 Å². The number of anilines is 3. The fraction of sp³-hybridized carbons (Fsp3) is 0.435. The average molecular weight is 472 g/mol. The molecule has 1 unspecified atom stereocenters. The number of rotatable bonds is 8. The molecule has 1 aliphatic heterocycles. The van der Waals surface area contributed by atoms with Gasteiger partial charge in [-0.1, -0.05) is 26.8 Å². The highest BCUT2D eigenvalue weighted by molar-refractivity contribution is 7.14. The number of furan rings is 1. The van der Waals surface area contributed by atoms with Crippen LogP contribution in [0.2, 0.25) is 0 Å². The molecule has 3 aromatic rings. The topological polar surface area (TPSA) is 127 Å². The SMILES string of the molecule is CC[C@@H](Nc1n[s+]([O-])nc1Nc1cccc(C(=O)N2CCCC2)c1O)c1cc(C(C)C)co1. The number of likely N-dealkylation sites (tertiary alicyclic amines) is 1. The number of carbonyl (C=O) groups is 1. The van der Waals surface area contributed by atoms with Crippen LogP contribution in [0.1, 0.15) is 73.7 Å². The zero-order valence-corrected chi connectivity index (χ0v) is 19.8. The summed E-state index contributed by atoms with van der Waals surface area (Å²) < 4.78 is 26.0. The second kappa shape index (κ2) is 9.80. The first kappa shape index (κ1) is 23.1. The van der Waals surface area contributed by atoms with Gasteiger partial charge in [0.15, 0.2) is 16.9 Å². The number of aromatic nitrogens is 2. The molecule has 1 amide bonds. The van der Waals surface area contributed by atoms with Gasteiger partial charge in [0.05, 0.1) is 23.6 Å². The predicted molar refractivity (Wildman–Crippen MR) is 127 cm³/mol. The lowest BCUT2D eigenvalue weighted by atomic mass is 10.1. The molecule has 4 rings (SSSR count). The zero-order chi connectivity index (χ0) is 23.5. The van der Waals surface area contributed by atoms with Gasteiger partial charge in [0, 0.05) is 21.8 Å². The Kier molecular flexibility index (Phi) is 6.85. The number of hydrogen-bond donors (Lipinski definition) is 3. The van der Waals surface area contributed by atoms with Crippen LogP contribution < -0.4 is 10.6 Å². The predicted octanol–water partition coefficient (Wildman–Crippen LogP) is 5.17. The van der Waals surface area contributed by atoms with E-state index in [4.69, 9.17) is 4.42 Å². The van der Waals surface area contributed by atoms with Crippen LogP contribution in [0.3, 0.4) is 0 Å². The third-order valence-corrected chi connectivity index (χ3v) is 6.52. The molecule has 0 bridgehead atoms. The fourth-order valence-corrected chi connectivity index (χ4v) is 4.49. The van der Waals surface area contributed by atoms with Gasteiger partial charge in [-0.05, 0) is 48.9 Å². The van der Waals surface area contributed by atoms with Gasteiger partial charge in [0.25, 0.3) is 5.91 Å². The number of nitrogens with zero attached hydrogens (tertiary/aromatic N) is 3. The number of phenolic OH excluding ortho intramolecular Hbond substituents is 1. The van der Waals surface area contributed by atoms with Crippen molar-refractivity contribution in [3.63, 3.8) is 0 Å². The zero-order valence-electron chi connectivity index (χ0n) is 19.0.